The maximum Gasteiger partial charge on any atom is 0.255 e. The number of benzene rings is 1. The van der Waals surface area contributed by atoms with Gasteiger partial charge in [-0.1, -0.05) is 17.7 Å². The molecule has 2 heterocycles. The highest BCUT2D eigenvalue weighted by atomic mass is 35.5. The fraction of sp³-hybridized carbons (Fsp3) is 0.235. The van der Waals surface area contributed by atoms with E-state index in [0.29, 0.717) is 28.8 Å². The maximum atomic E-state index is 12.6. The second-order valence-electron chi connectivity index (χ2n) is 5.34. The van der Waals surface area contributed by atoms with Gasteiger partial charge in [-0.05, 0) is 36.4 Å². The number of nitrogens with one attached hydrogen (secondary N) is 1. The molecule has 3 rings (SSSR count). The van der Waals surface area contributed by atoms with Crippen molar-refractivity contribution in [2.75, 3.05) is 11.6 Å². The minimum atomic E-state index is -0.470. The van der Waals surface area contributed by atoms with E-state index in [1.54, 1.807) is 47.1 Å². The van der Waals surface area contributed by atoms with Gasteiger partial charge in [0, 0.05) is 22.5 Å². The molecule has 124 valence electrons. The Labute approximate surface area is 149 Å². The monoisotopic (exact) mass is 361 g/mol. The molecular formula is C17H16ClN3O2S. The number of nitrogens with zero attached hydrogens (tertiary/aromatic N) is 2. The van der Waals surface area contributed by atoms with Gasteiger partial charge < -0.3 is 10.2 Å². The van der Waals surface area contributed by atoms with Gasteiger partial charge in [0.15, 0.2) is 0 Å². The summed E-state index contributed by atoms with van der Waals surface area (Å²) >= 11 is 7.42. The van der Waals surface area contributed by atoms with Crippen molar-refractivity contribution in [1.29, 1.82) is 0 Å². The molecule has 1 unspecified atom stereocenters. The topological polar surface area (TPSA) is 62.3 Å². The predicted molar refractivity (Wildman–Crippen MR) is 94.8 cm³/mol. The van der Waals surface area contributed by atoms with Crippen LogP contribution in [-0.4, -0.2) is 39.4 Å². The molecule has 0 bridgehead atoms. The summed E-state index contributed by atoms with van der Waals surface area (Å²) in [6.07, 6.45) is 1.68. The van der Waals surface area contributed by atoms with E-state index in [-0.39, 0.29) is 11.8 Å². The first-order chi connectivity index (χ1) is 11.6. The van der Waals surface area contributed by atoms with Crippen molar-refractivity contribution in [1.82, 2.24) is 15.2 Å². The molecule has 0 saturated carbocycles. The highest BCUT2D eigenvalue weighted by molar-refractivity contribution is 7.99. The van der Waals surface area contributed by atoms with Crippen LogP contribution in [0.5, 0.6) is 0 Å². The number of rotatable bonds is 4. The summed E-state index contributed by atoms with van der Waals surface area (Å²) in [6.45, 7) is 0.351. The van der Waals surface area contributed by atoms with Crippen molar-refractivity contribution in [3.05, 3.63) is 64.9 Å². The smallest absolute Gasteiger partial charge is 0.255 e. The molecule has 0 radical (unpaired) electrons. The van der Waals surface area contributed by atoms with Crippen molar-refractivity contribution >= 4 is 35.2 Å². The van der Waals surface area contributed by atoms with E-state index in [4.69, 9.17) is 11.6 Å². The number of carbonyl (C=O) groups excluding carboxylic acids is 2. The molecule has 2 amide bonds. The number of hydrogen-bond donors (Lipinski definition) is 1. The molecule has 1 N–H and O–H groups in total. The fourth-order valence-corrected chi connectivity index (χ4v) is 3.70. The first-order valence-electron chi connectivity index (χ1n) is 7.47. The van der Waals surface area contributed by atoms with Crippen LogP contribution in [-0.2, 0) is 11.3 Å². The minimum Gasteiger partial charge on any atom is -0.349 e. The third kappa shape index (κ3) is 3.88. The SMILES string of the molecule is O=C(NCc1ccccn1)C1CSCN1C(=O)c1ccc(Cl)cc1. The lowest BCUT2D eigenvalue weighted by molar-refractivity contribution is -0.124. The van der Waals surface area contributed by atoms with Crippen LogP contribution in [0.1, 0.15) is 16.1 Å². The molecule has 7 heteroatoms. The van der Waals surface area contributed by atoms with Crippen LogP contribution in [0.3, 0.4) is 0 Å². The minimum absolute atomic E-state index is 0.158. The van der Waals surface area contributed by atoms with Gasteiger partial charge in [0.1, 0.15) is 6.04 Å². The van der Waals surface area contributed by atoms with Crippen LogP contribution in [0.2, 0.25) is 5.02 Å². The van der Waals surface area contributed by atoms with E-state index < -0.39 is 6.04 Å². The van der Waals surface area contributed by atoms with Gasteiger partial charge in [-0.2, -0.15) is 0 Å². The second-order valence-corrected chi connectivity index (χ2v) is 6.77. The Balaban J connectivity index is 1.65. The number of carbonyl (C=O) groups is 2. The van der Waals surface area contributed by atoms with Gasteiger partial charge in [-0.15, -0.1) is 11.8 Å². The predicted octanol–water partition coefficient (Wildman–Crippen LogP) is 2.57. The Bertz CT molecular complexity index is 724. The second kappa shape index (κ2) is 7.68. The van der Waals surface area contributed by atoms with Crippen molar-refractivity contribution in [2.24, 2.45) is 0 Å². The number of pyridine rings is 1. The first kappa shape index (κ1) is 16.8. The summed E-state index contributed by atoms with van der Waals surface area (Å²) in [4.78, 5) is 30.8. The van der Waals surface area contributed by atoms with Crippen LogP contribution >= 0.6 is 23.4 Å². The number of hydrogen-bond acceptors (Lipinski definition) is 4. The molecule has 1 atom stereocenters. The lowest BCUT2D eigenvalue weighted by Gasteiger charge is -2.23. The van der Waals surface area contributed by atoms with E-state index in [1.807, 2.05) is 18.2 Å². The molecule has 2 aromatic rings. The molecule has 0 aliphatic carbocycles. The summed E-state index contributed by atoms with van der Waals surface area (Å²) in [7, 11) is 0. The summed E-state index contributed by atoms with van der Waals surface area (Å²) in [5, 5.41) is 3.43. The molecule has 24 heavy (non-hydrogen) atoms. The molecule has 5 nitrogen and oxygen atoms in total. The van der Waals surface area contributed by atoms with Gasteiger partial charge in [0.05, 0.1) is 18.1 Å². The number of halogens is 1. The number of amides is 2. The summed E-state index contributed by atoms with van der Waals surface area (Å²) in [5.74, 6) is 0.777. The molecule has 0 spiro atoms. The highest BCUT2D eigenvalue weighted by Crippen LogP contribution is 2.24. The van der Waals surface area contributed by atoms with Gasteiger partial charge in [0.25, 0.3) is 5.91 Å². The van der Waals surface area contributed by atoms with Gasteiger partial charge in [-0.25, -0.2) is 0 Å². The standard InChI is InChI=1S/C17H16ClN3O2S/c18-13-6-4-12(5-7-13)17(23)21-11-24-10-15(21)16(22)20-9-14-3-1-2-8-19-14/h1-8,15H,9-11H2,(H,20,22). The summed E-state index contributed by atoms with van der Waals surface area (Å²) < 4.78 is 0. The van der Waals surface area contributed by atoms with Crippen LogP contribution in [0.15, 0.2) is 48.7 Å². The maximum absolute atomic E-state index is 12.6. The third-order valence-electron chi connectivity index (χ3n) is 3.71. The van der Waals surface area contributed by atoms with Gasteiger partial charge in [-0.3, -0.25) is 14.6 Å². The average Bonchev–Trinajstić information content (AvgIpc) is 3.10. The van der Waals surface area contributed by atoms with Crippen molar-refractivity contribution in [2.45, 2.75) is 12.6 Å². The molecule has 1 aromatic heterocycles. The third-order valence-corrected chi connectivity index (χ3v) is 4.97. The fourth-order valence-electron chi connectivity index (χ4n) is 2.42. The zero-order chi connectivity index (χ0) is 16.9. The molecule has 1 saturated heterocycles. The lowest BCUT2D eigenvalue weighted by atomic mass is 10.1. The highest BCUT2D eigenvalue weighted by Gasteiger charge is 2.34. The Morgan fingerprint density at radius 3 is 2.75 bits per heavy atom. The quantitative estimate of drug-likeness (QED) is 0.909. The van der Waals surface area contributed by atoms with Gasteiger partial charge >= 0.3 is 0 Å². The average molecular weight is 362 g/mol. The molecular weight excluding hydrogens is 346 g/mol. The largest absolute Gasteiger partial charge is 0.349 e. The molecule has 1 fully saturated rings. The zero-order valence-corrected chi connectivity index (χ0v) is 14.4. The Morgan fingerprint density at radius 1 is 1.25 bits per heavy atom. The van der Waals surface area contributed by atoms with Crippen molar-refractivity contribution in [3.8, 4) is 0 Å². The molecule has 1 aliphatic heterocycles. The van der Waals surface area contributed by atoms with E-state index in [0.717, 1.165) is 5.69 Å². The molecule has 1 aliphatic rings. The number of aromatic nitrogens is 1. The van der Waals surface area contributed by atoms with E-state index in [9.17, 15) is 9.59 Å². The van der Waals surface area contributed by atoms with Gasteiger partial charge in [0.2, 0.25) is 5.91 Å². The number of thioether (sulfide) groups is 1. The van der Waals surface area contributed by atoms with Crippen molar-refractivity contribution < 1.29 is 9.59 Å². The Kier molecular flexibility index (Phi) is 5.37. The Morgan fingerprint density at radius 2 is 2.04 bits per heavy atom. The summed E-state index contributed by atoms with van der Waals surface area (Å²) in [5.41, 5.74) is 1.32. The van der Waals surface area contributed by atoms with Crippen LogP contribution in [0.4, 0.5) is 0 Å². The zero-order valence-electron chi connectivity index (χ0n) is 12.8. The van der Waals surface area contributed by atoms with E-state index >= 15 is 0 Å². The van der Waals surface area contributed by atoms with E-state index in [2.05, 4.69) is 10.3 Å². The van der Waals surface area contributed by atoms with Crippen LogP contribution in [0, 0.1) is 0 Å². The van der Waals surface area contributed by atoms with Crippen LogP contribution in [0.25, 0.3) is 0 Å². The van der Waals surface area contributed by atoms with Crippen LogP contribution < -0.4 is 5.32 Å². The van der Waals surface area contributed by atoms with Crippen molar-refractivity contribution in [3.63, 3.8) is 0 Å². The Hall–Kier alpha value is -2.05. The normalized spacial score (nSPS) is 16.9. The summed E-state index contributed by atoms with van der Waals surface area (Å²) in [6, 6.07) is 11.8. The lowest BCUT2D eigenvalue weighted by Crippen LogP contribution is -2.47. The van der Waals surface area contributed by atoms with E-state index in [1.165, 1.54) is 0 Å². The molecule has 1 aromatic carbocycles. The first-order valence-corrected chi connectivity index (χ1v) is 9.00.